The molecule has 0 fully saturated rings. The second-order valence-corrected chi connectivity index (χ2v) is 4.84. The second-order valence-electron chi connectivity index (χ2n) is 4.84. The van der Waals surface area contributed by atoms with Gasteiger partial charge in [0.15, 0.2) is 0 Å². The molecule has 2 aromatic heterocycles. The predicted octanol–water partition coefficient (Wildman–Crippen LogP) is 2.54. The molecule has 2 heterocycles. The highest BCUT2D eigenvalue weighted by Gasteiger charge is 2.07. The molecule has 0 unspecified atom stereocenters. The van der Waals surface area contributed by atoms with Gasteiger partial charge < -0.3 is 10.6 Å². The standard InChI is InChI=1S/C16H20N4O/c1-3-7-18-14-4-5-15(19-11-14)16(21)20-10-13-6-8-17-9-12(13)2/h4-6,8-9,11,18H,3,7,10H2,1-2H3,(H,20,21). The van der Waals surface area contributed by atoms with Gasteiger partial charge in [-0.05, 0) is 42.7 Å². The fourth-order valence-corrected chi connectivity index (χ4v) is 1.87. The van der Waals surface area contributed by atoms with Crippen LogP contribution >= 0.6 is 0 Å². The lowest BCUT2D eigenvalue weighted by Gasteiger charge is -2.08. The molecule has 2 aromatic rings. The molecular weight excluding hydrogens is 264 g/mol. The molecule has 2 N–H and O–H groups in total. The molecule has 0 atom stereocenters. The lowest BCUT2D eigenvalue weighted by Crippen LogP contribution is -2.24. The minimum absolute atomic E-state index is 0.173. The minimum atomic E-state index is -0.173. The summed E-state index contributed by atoms with van der Waals surface area (Å²) in [6.07, 6.45) is 6.24. The molecule has 1 amide bonds. The molecule has 2 rings (SSSR count). The zero-order chi connectivity index (χ0) is 15.1. The van der Waals surface area contributed by atoms with Crippen molar-refractivity contribution in [1.82, 2.24) is 15.3 Å². The largest absolute Gasteiger partial charge is 0.384 e. The van der Waals surface area contributed by atoms with Crippen LogP contribution in [0, 0.1) is 6.92 Å². The Morgan fingerprint density at radius 2 is 2.10 bits per heavy atom. The van der Waals surface area contributed by atoms with Crippen LogP contribution in [0.5, 0.6) is 0 Å². The van der Waals surface area contributed by atoms with E-state index < -0.39 is 0 Å². The molecule has 0 saturated heterocycles. The van der Waals surface area contributed by atoms with Crippen LogP contribution in [0.1, 0.15) is 35.0 Å². The molecule has 0 aromatic carbocycles. The lowest BCUT2D eigenvalue weighted by atomic mass is 10.1. The highest BCUT2D eigenvalue weighted by Crippen LogP contribution is 2.07. The van der Waals surface area contributed by atoms with Crippen molar-refractivity contribution in [2.45, 2.75) is 26.8 Å². The molecular formula is C16H20N4O. The van der Waals surface area contributed by atoms with Gasteiger partial charge in [0.05, 0.1) is 11.9 Å². The third-order valence-electron chi connectivity index (χ3n) is 3.15. The summed E-state index contributed by atoms with van der Waals surface area (Å²) in [5.41, 5.74) is 3.46. The smallest absolute Gasteiger partial charge is 0.270 e. The van der Waals surface area contributed by atoms with Gasteiger partial charge in [0.1, 0.15) is 5.69 Å². The number of nitrogens with zero attached hydrogens (tertiary/aromatic N) is 2. The Labute approximate surface area is 124 Å². The van der Waals surface area contributed by atoms with Crippen molar-refractivity contribution in [3.8, 4) is 0 Å². The maximum Gasteiger partial charge on any atom is 0.270 e. The maximum absolute atomic E-state index is 12.0. The number of amides is 1. The molecule has 0 aliphatic heterocycles. The van der Waals surface area contributed by atoms with Gasteiger partial charge in [-0.15, -0.1) is 0 Å². The first kappa shape index (κ1) is 15.0. The number of aromatic nitrogens is 2. The zero-order valence-electron chi connectivity index (χ0n) is 12.4. The maximum atomic E-state index is 12.0. The summed E-state index contributed by atoms with van der Waals surface area (Å²) in [7, 11) is 0. The third-order valence-corrected chi connectivity index (χ3v) is 3.15. The number of rotatable bonds is 6. The van der Waals surface area contributed by atoms with Crippen LogP contribution in [0.15, 0.2) is 36.8 Å². The van der Waals surface area contributed by atoms with Crippen molar-refractivity contribution in [3.05, 3.63) is 53.6 Å². The summed E-state index contributed by atoms with van der Waals surface area (Å²) < 4.78 is 0. The molecule has 5 nitrogen and oxygen atoms in total. The van der Waals surface area contributed by atoms with Gasteiger partial charge in [0.25, 0.3) is 5.91 Å². The summed E-state index contributed by atoms with van der Waals surface area (Å²) in [6.45, 7) is 5.45. The van der Waals surface area contributed by atoms with E-state index in [-0.39, 0.29) is 5.91 Å². The van der Waals surface area contributed by atoms with Gasteiger partial charge in [0.2, 0.25) is 0 Å². The Balaban J connectivity index is 1.93. The highest BCUT2D eigenvalue weighted by atomic mass is 16.1. The van der Waals surface area contributed by atoms with E-state index in [0.717, 1.165) is 29.8 Å². The average molecular weight is 284 g/mol. The SMILES string of the molecule is CCCNc1ccc(C(=O)NCc2ccncc2C)nc1. The Hall–Kier alpha value is -2.43. The Morgan fingerprint density at radius 3 is 2.76 bits per heavy atom. The molecule has 0 aliphatic carbocycles. The van der Waals surface area contributed by atoms with Gasteiger partial charge >= 0.3 is 0 Å². The summed E-state index contributed by atoms with van der Waals surface area (Å²) in [5.74, 6) is -0.173. The second kappa shape index (κ2) is 7.38. The number of hydrogen-bond donors (Lipinski definition) is 2. The highest BCUT2D eigenvalue weighted by molar-refractivity contribution is 5.92. The molecule has 0 radical (unpaired) electrons. The van der Waals surface area contributed by atoms with Crippen LogP contribution in [-0.2, 0) is 6.54 Å². The van der Waals surface area contributed by atoms with Crippen molar-refractivity contribution in [3.63, 3.8) is 0 Å². The van der Waals surface area contributed by atoms with Gasteiger partial charge in [0, 0.05) is 25.5 Å². The van der Waals surface area contributed by atoms with E-state index in [4.69, 9.17) is 0 Å². The van der Waals surface area contributed by atoms with Gasteiger partial charge in [-0.1, -0.05) is 6.92 Å². The summed E-state index contributed by atoms with van der Waals surface area (Å²) in [6, 6.07) is 5.50. The first-order valence-corrected chi connectivity index (χ1v) is 7.08. The predicted molar refractivity (Wildman–Crippen MR) is 83.2 cm³/mol. The van der Waals surface area contributed by atoms with E-state index in [1.807, 2.05) is 19.1 Å². The van der Waals surface area contributed by atoms with Crippen LogP contribution in [-0.4, -0.2) is 22.4 Å². The Bertz CT molecular complexity index is 595. The molecule has 0 bridgehead atoms. The van der Waals surface area contributed by atoms with Gasteiger partial charge in [-0.2, -0.15) is 0 Å². The van der Waals surface area contributed by atoms with E-state index in [0.29, 0.717) is 12.2 Å². The van der Waals surface area contributed by atoms with Crippen molar-refractivity contribution in [2.24, 2.45) is 0 Å². The zero-order valence-corrected chi connectivity index (χ0v) is 12.4. The van der Waals surface area contributed by atoms with Crippen LogP contribution < -0.4 is 10.6 Å². The minimum Gasteiger partial charge on any atom is -0.384 e. The number of anilines is 1. The fourth-order valence-electron chi connectivity index (χ4n) is 1.87. The van der Waals surface area contributed by atoms with Gasteiger partial charge in [-0.25, -0.2) is 4.98 Å². The molecule has 21 heavy (non-hydrogen) atoms. The fraction of sp³-hybridized carbons (Fsp3) is 0.312. The molecule has 5 heteroatoms. The van der Waals surface area contributed by atoms with Crippen LogP contribution in [0.25, 0.3) is 0 Å². The average Bonchev–Trinajstić information content (AvgIpc) is 2.52. The number of aryl methyl sites for hydroxylation is 1. The van der Waals surface area contributed by atoms with E-state index >= 15 is 0 Å². The normalized spacial score (nSPS) is 10.2. The van der Waals surface area contributed by atoms with Gasteiger partial charge in [-0.3, -0.25) is 9.78 Å². The van der Waals surface area contributed by atoms with Crippen LogP contribution in [0.2, 0.25) is 0 Å². The molecule has 0 spiro atoms. The van der Waals surface area contributed by atoms with E-state index in [9.17, 15) is 4.79 Å². The van der Waals surface area contributed by atoms with E-state index in [1.54, 1.807) is 24.7 Å². The van der Waals surface area contributed by atoms with Crippen molar-refractivity contribution >= 4 is 11.6 Å². The topological polar surface area (TPSA) is 66.9 Å². The van der Waals surface area contributed by atoms with E-state index in [1.165, 1.54) is 0 Å². The number of nitrogens with one attached hydrogen (secondary N) is 2. The van der Waals surface area contributed by atoms with Crippen LogP contribution in [0.4, 0.5) is 5.69 Å². The third kappa shape index (κ3) is 4.27. The number of hydrogen-bond acceptors (Lipinski definition) is 4. The monoisotopic (exact) mass is 284 g/mol. The number of pyridine rings is 2. The van der Waals surface area contributed by atoms with E-state index in [2.05, 4.69) is 27.5 Å². The first-order chi connectivity index (χ1) is 10.2. The lowest BCUT2D eigenvalue weighted by molar-refractivity contribution is 0.0946. The summed E-state index contributed by atoms with van der Waals surface area (Å²) in [4.78, 5) is 20.3. The quantitative estimate of drug-likeness (QED) is 0.855. The molecule has 0 saturated carbocycles. The number of carbonyl (C=O) groups is 1. The Kier molecular flexibility index (Phi) is 5.26. The first-order valence-electron chi connectivity index (χ1n) is 7.08. The Morgan fingerprint density at radius 1 is 1.24 bits per heavy atom. The van der Waals surface area contributed by atoms with Crippen molar-refractivity contribution in [1.29, 1.82) is 0 Å². The summed E-state index contributed by atoms with van der Waals surface area (Å²) >= 11 is 0. The summed E-state index contributed by atoms with van der Waals surface area (Å²) in [5, 5.41) is 6.09. The van der Waals surface area contributed by atoms with Crippen molar-refractivity contribution in [2.75, 3.05) is 11.9 Å². The number of carbonyl (C=O) groups excluding carboxylic acids is 1. The van der Waals surface area contributed by atoms with Crippen molar-refractivity contribution < 1.29 is 4.79 Å². The molecule has 0 aliphatic rings. The molecule has 110 valence electrons. The van der Waals surface area contributed by atoms with Crippen LogP contribution in [0.3, 0.4) is 0 Å².